The van der Waals surface area contributed by atoms with Crippen molar-refractivity contribution in [1.82, 2.24) is 4.90 Å². The lowest BCUT2D eigenvalue weighted by Gasteiger charge is -2.34. The number of β-amino-alcohol motifs (C(OH)–C–C–N with tert-alkyl or cyclic N) is 1. The quantitative estimate of drug-likeness (QED) is 0.679. The highest BCUT2D eigenvalue weighted by atomic mass is 28.3. The van der Waals surface area contributed by atoms with Gasteiger partial charge < -0.3 is 14.6 Å². The normalized spacial score (nSPS) is 29.1. The third-order valence-electron chi connectivity index (χ3n) is 3.52. The molecule has 1 aliphatic heterocycles. The second-order valence-electron chi connectivity index (χ2n) is 5.37. The van der Waals surface area contributed by atoms with Gasteiger partial charge in [-0.1, -0.05) is 19.8 Å². The summed E-state index contributed by atoms with van der Waals surface area (Å²) in [5.74, 6) is -0.832. The SMILES string of the molecule is CCCC[C@@]1(C(=O)O)CC(O)CN1CO[SiH](C)C. The van der Waals surface area contributed by atoms with Crippen molar-refractivity contribution in [2.75, 3.05) is 13.3 Å². The van der Waals surface area contributed by atoms with Gasteiger partial charge >= 0.3 is 5.97 Å². The molecular formula is C12H25NO4Si. The van der Waals surface area contributed by atoms with Gasteiger partial charge in [0.1, 0.15) is 5.54 Å². The maximum Gasteiger partial charge on any atom is 0.324 e. The molecule has 2 atom stereocenters. The summed E-state index contributed by atoms with van der Waals surface area (Å²) in [6.07, 6.45) is 2.15. The fraction of sp³-hybridized carbons (Fsp3) is 0.917. The summed E-state index contributed by atoms with van der Waals surface area (Å²) in [7, 11) is -1.18. The van der Waals surface area contributed by atoms with Crippen molar-refractivity contribution in [2.45, 2.75) is 57.3 Å². The molecule has 0 aliphatic carbocycles. The van der Waals surface area contributed by atoms with Crippen molar-refractivity contribution in [3.8, 4) is 0 Å². The number of hydrogen-bond donors (Lipinski definition) is 2. The van der Waals surface area contributed by atoms with Crippen LogP contribution in [0.5, 0.6) is 0 Å². The molecule has 0 amide bonds. The van der Waals surface area contributed by atoms with Crippen molar-refractivity contribution >= 4 is 15.0 Å². The zero-order valence-electron chi connectivity index (χ0n) is 11.6. The molecular weight excluding hydrogens is 250 g/mol. The highest BCUT2D eigenvalue weighted by Gasteiger charge is 2.50. The van der Waals surface area contributed by atoms with E-state index >= 15 is 0 Å². The number of carboxylic acid groups (broad SMARTS) is 1. The first-order valence-corrected chi connectivity index (χ1v) is 9.48. The number of carbonyl (C=O) groups is 1. The van der Waals surface area contributed by atoms with Crippen LogP contribution >= 0.6 is 0 Å². The minimum Gasteiger partial charge on any atom is -0.480 e. The summed E-state index contributed by atoms with van der Waals surface area (Å²) in [4.78, 5) is 13.4. The highest BCUT2D eigenvalue weighted by molar-refractivity contribution is 6.48. The number of carboxylic acids is 1. The van der Waals surface area contributed by atoms with Crippen LogP contribution < -0.4 is 0 Å². The predicted molar refractivity (Wildman–Crippen MR) is 72.1 cm³/mol. The van der Waals surface area contributed by atoms with Gasteiger partial charge in [-0.25, -0.2) is 0 Å². The molecule has 6 heteroatoms. The second-order valence-corrected chi connectivity index (χ2v) is 7.80. The molecule has 0 aromatic heterocycles. The van der Waals surface area contributed by atoms with E-state index in [1.807, 2.05) is 11.8 Å². The van der Waals surface area contributed by atoms with Crippen LogP contribution in [0.1, 0.15) is 32.6 Å². The summed E-state index contributed by atoms with van der Waals surface area (Å²) in [5, 5.41) is 19.3. The average molecular weight is 275 g/mol. The van der Waals surface area contributed by atoms with E-state index in [9.17, 15) is 15.0 Å². The van der Waals surface area contributed by atoms with E-state index in [0.717, 1.165) is 12.8 Å². The number of unbranched alkanes of at least 4 members (excludes halogenated alkanes) is 1. The Morgan fingerprint density at radius 1 is 1.56 bits per heavy atom. The lowest BCUT2D eigenvalue weighted by molar-refractivity contribution is -0.152. The molecule has 1 rings (SSSR count). The monoisotopic (exact) mass is 275 g/mol. The molecule has 1 aliphatic rings. The Labute approximate surface area is 110 Å². The van der Waals surface area contributed by atoms with Gasteiger partial charge in [-0.05, 0) is 19.5 Å². The number of nitrogens with zero attached hydrogens (tertiary/aromatic N) is 1. The summed E-state index contributed by atoms with van der Waals surface area (Å²) in [5.41, 5.74) is -0.932. The smallest absolute Gasteiger partial charge is 0.324 e. The molecule has 1 saturated heterocycles. The molecule has 2 N–H and O–H groups in total. The third-order valence-corrected chi connectivity index (χ3v) is 4.33. The first-order valence-electron chi connectivity index (χ1n) is 6.70. The van der Waals surface area contributed by atoms with Crippen LogP contribution in [0.2, 0.25) is 13.1 Å². The minimum absolute atomic E-state index is 0.311. The topological polar surface area (TPSA) is 70.0 Å². The lowest BCUT2D eigenvalue weighted by Crippen LogP contribution is -2.51. The first kappa shape index (κ1) is 15.6. The van der Waals surface area contributed by atoms with Crippen LogP contribution in [-0.4, -0.2) is 55.0 Å². The molecule has 0 aromatic carbocycles. The van der Waals surface area contributed by atoms with Crippen LogP contribution in [0.15, 0.2) is 0 Å². The van der Waals surface area contributed by atoms with Gasteiger partial charge in [0.2, 0.25) is 0 Å². The average Bonchev–Trinajstić information content (AvgIpc) is 2.61. The molecule has 106 valence electrons. The fourth-order valence-corrected chi connectivity index (χ4v) is 2.96. The summed E-state index contributed by atoms with van der Waals surface area (Å²) in [6.45, 7) is 6.89. The molecule has 0 bridgehead atoms. The Bertz CT molecular complexity index is 287. The van der Waals surface area contributed by atoms with Crippen LogP contribution in [0.25, 0.3) is 0 Å². The summed E-state index contributed by atoms with van der Waals surface area (Å²) in [6, 6.07) is 0. The maximum atomic E-state index is 11.6. The van der Waals surface area contributed by atoms with Gasteiger partial charge in [-0.3, -0.25) is 9.69 Å². The number of aliphatic carboxylic acids is 1. The van der Waals surface area contributed by atoms with Crippen molar-refractivity contribution in [3.63, 3.8) is 0 Å². The number of aliphatic hydroxyl groups excluding tert-OH is 1. The minimum atomic E-state index is -1.18. The van der Waals surface area contributed by atoms with E-state index in [2.05, 4.69) is 13.1 Å². The Hall–Kier alpha value is -0.433. The van der Waals surface area contributed by atoms with Gasteiger partial charge in [0.15, 0.2) is 9.04 Å². The molecule has 1 fully saturated rings. The molecule has 0 aromatic rings. The van der Waals surface area contributed by atoms with Crippen LogP contribution in [0.4, 0.5) is 0 Å². The second kappa shape index (κ2) is 6.65. The number of likely N-dealkylation sites (tertiary alicyclic amines) is 1. The summed E-state index contributed by atoms with van der Waals surface area (Å²) < 4.78 is 5.65. The highest BCUT2D eigenvalue weighted by Crippen LogP contribution is 2.34. The molecule has 0 radical (unpaired) electrons. The van der Waals surface area contributed by atoms with Crippen molar-refractivity contribution in [3.05, 3.63) is 0 Å². The van der Waals surface area contributed by atoms with Crippen LogP contribution in [0, 0.1) is 0 Å². The molecule has 1 unspecified atom stereocenters. The molecule has 18 heavy (non-hydrogen) atoms. The Morgan fingerprint density at radius 3 is 2.72 bits per heavy atom. The molecule has 0 saturated carbocycles. The van der Waals surface area contributed by atoms with Gasteiger partial charge in [0, 0.05) is 13.0 Å². The van der Waals surface area contributed by atoms with E-state index < -0.39 is 26.7 Å². The molecule has 1 heterocycles. The number of aliphatic hydroxyl groups is 1. The van der Waals surface area contributed by atoms with E-state index in [1.54, 1.807) is 0 Å². The largest absolute Gasteiger partial charge is 0.480 e. The number of hydrogen-bond acceptors (Lipinski definition) is 4. The van der Waals surface area contributed by atoms with Crippen molar-refractivity contribution < 1.29 is 19.4 Å². The van der Waals surface area contributed by atoms with Gasteiger partial charge in [-0.15, -0.1) is 0 Å². The fourth-order valence-electron chi connectivity index (χ4n) is 2.49. The van der Waals surface area contributed by atoms with Gasteiger partial charge in [0.25, 0.3) is 0 Å². The Kier molecular flexibility index (Phi) is 5.77. The summed E-state index contributed by atoms with van der Waals surface area (Å²) >= 11 is 0. The Morgan fingerprint density at radius 2 is 2.22 bits per heavy atom. The van der Waals surface area contributed by atoms with Gasteiger partial charge in [-0.2, -0.15) is 0 Å². The number of rotatable bonds is 7. The predicted octanol–water partition coefficient (Wildman–Crippen LogP) is 1.02. The maximum absolute atomic E-state index is 11.6. The molecule has 0 spiro atoms. The standard InChI is InChI=1S/C12H25NO4Si/c1-4-5-6-12(11(15)16)7-10(14)8-13(12)9-17-18(2)3/h10,14,18H,4-9H2,1-3H3,(H,15,16)/t10?,12-/m0/s1. The van der Waals surface area contributed by atoms with Crippen LogP contribution in [-0.2, 0) is 9.22 Å². The van der Waals surface area contributed by atoms with Crippen LogP contribution in [0.3, 0.4) is 0 Å². The first-order chi connectivity index (χ1) is 8.42. The van der Waals surface area contributed by atoms with E-state index in [-0.39, 0.29) is 0 Å². The zero-order valence-corrected chi connectivity index (χ0v) is 12.7. The molecule has 5 nitrogen and oxygen atoms in total. The van der Waals surface area contributed by atoms with E-state index in [0.29, 0.717) is 26.1 Å². The zero-order chi connectivity index (χ0) is 13.8. The third kappa shape index (κ3) is 3.54. The lowest BCUT2D eigenvalue weighted by atomic mass is 9.89. The van der Waals surface area contributed by atoms with Crippen molar-refractivity contribution in [2.24, 2.45) is 0 Å². The Balaban J connectivity index is 2.78. The van der Waals surface area contributed by atoms with E-state index in [1.165, 1.54) is 0 Å². The van der Waals surface area contributed by atoms with Gasteiger partial charge in [0.05, 0.1) is 12.8 Å². The van der Waals surface area contributed by atoms with E-state index in [4.69, 9.17) is 4.43 Å². The van der Waals surface area contributed by atoms with Crippen molar-refractivity contribution in [1.29, 1.82) is 0 Å².